The zero-order valence-corrected chi connectivity index (χ0v) is 11.9. The first-order chi connectivity index (χ1) is 8.72. The van der Waals surface area contributed by atoms with Crippen molar-refractivity contribution in [2.75, 3.05) is 7.11 Å². The molecule has 0 aromatic carbocycles. The Bertz CT molecular complexity index is 528. The molecule has 0 unspecified atom stereocenters. The molecule has 0 spiro atoms. The lowest BCUT2D eigenvalue weighted by Gasteiger charge is -2.05. The Morgan fingerprint density at radius 1 is 1.28 bits per heavy atom. The van der Waals surface area contributed by atoms with Gasteiger partial charge in [0.2, 0.25) is 5.88 Å². The van der Waals surface area contributed by atoms with E-state index in [1.54, 1.807) is 13.3 Å². The van der Waals surface area contributed by atoms with Gasteiger partial charge in [0.15, 0.2) is 0 Å². The standard InChI is InChI=1S/C13H14BrN3O/c1-3-4-12-16-10(7-11(14)17-12)9-5-6-13(18-2)15-8-9/h5-8H,3-4H2,1-2H3. The molecule has 5 heteroatoms. The quantitative estimate of drug-likeness (QED) is 0.813. The van der Waals surface area contributed by atoms with Crippen LogP contribution >= 0.6 is 15.9 Å². The Morgan fingerprint density at radius 3 is 2.72 bits per heavy atom. The van der Waals surface area contributed by atoms with Crippen LogP contribution in [0, 0.1) is 0 Å². The molecule has 2 aromatic heterocycles. The first-order valence-corrected chi connectivity index (χ1v) is 6.56. The number of aromatic nitrogens is 3. The van der Waals surface area contributed by atoms with Gasteiger partial charge < -0.3 is 4.74 Å². The second kappa shape index (κ2) is 5.91. The molecule has 2 aromatic rings. The zero-order valence-electron chi connectivity index (χ0n) is 10.4. The fourth-order valence-electron chi connectivity index (χ4n) is 1.60. The van der Waals surface area contributed by atoms with E-state index in [1.165, 1.54) is 0 Å². The second-order valence-electron chi connectivity index (χ2n) is 3.83. The van der Waals surface area contributed by atoms with Crippen LogP contribution < -0.4 is 4.74 Å². The molecule has 0 aliphatic rings. The van der Waals surface area contributed by atoms with E-state index in [0.717, 1.165) is 34.5 Å². The van der Waals surface area contributed by atoms with E-state index in [0.29, 0.717) is 5.88 Å². The van der Waals surface area contributed by atoms with Crippen LogP contribution in [0.4, 0.5) is 0 Å². The van der Waals surface area contributed by atoms with Crippen molar-refractivity contribution < 1.29 is 4.74 Å². The number of hydrogen-bond acceptors (Lipinski definition) is 4. The molecule has 0 N–H and O–H groups in total. The maximum Gasteiger partial charge on any atom is 0.212 e. The Morgan fingerprint density at radius 2 is 2.11 bits per heavy atom. The van der Waals surface area contributed by atoms with Crippen LogP contribution in [0.2, 0.25) is 0 Å². The lowest BCUT2D eigenvalue weighted by atomic mass is 10.2. The van der Waals surface area contributed by atoms with Crippen molar-refractivity contribution in [2.24, 2.45) is 0 Å². The average Bonchev–Trinajstić information content (AvgIpc) is 2.38. The highest BCUT2D eigenvalue weighted by molar-refractivity contribution is 9.10. The zero-order chi connectivity index (χ0) is 13.0. The monoisotopic (exact) mass is 307 g/mol. The molecule has 0 saturated carbocycles. The van der Waals surface area contributed by atoms with Gasteiger partial charge in [-0.05, 0) is 34.5 Å². The van der Waals surface area contributed by atoms with Gasteiger partial charge in [-0.15, -0.1) is 0 Å². The molecule has 18 heavy (non-hydrogen) atoms. The number of pyridine rings is 1. The minimum Gasteiger partial charge on any atom is -0.481 e. The highest BCUT2D eigenvalue weighted by atomic mass is 79.9. The van der Waals surface area contributed by atoms with Gasteiger partial charge in [0.05, 0.1) is 12.8 Å². The summed E-state index contributed by atoms with van der Waals surface area (Å²) < 4.78 is 5.84. The van der Waals surface area contributed by atoms with Crippen LogP contribution in [0.25, 0.3) is 11.3 Å². The first kappa shape index (κ1) is 13.0. The number of nitrogens with zero attached hydrogens (tertiary/aromatic N) is 3. The van der Waals surface area contributed by atoms with Crippen molar-refractivity contribution in [3.05, 3.63) is 34.8 Å². The van der Waals surface area contributed by atoms with Crippen molar-refractivity contribution in [3.8, 4) is 17.1 Å². The van der Waals surface area contributed by atoms with Crippen LogP contribution in [0.5, 0.6) is 5.88 Å². The number of rotatable bonds is 4. The van der Waals surface area contributed by atoms with E-state index < -0.39 is 0 Å². The normalized spacial score (nSPS) is 10.4. The van der Waals surface area contributed by atoms with Crippen molar-refractivity contribution in [1.29, 1.82) is 0 Å². The Kier molecular flexibility index (Phi) is 4.25. The summed E-state index contributed by atoms with van der Waals surface area (Å²) in [4.78, 5) is 13.1. The Labute approximate surface area is 115 Å². The molecule has 2 heterocycles. The summed E-state index contributed by atoms with van der Waals surface area (Å²) in [6, 6.07) is 5.66. The number of hydrogen-bond donors (Lipinski definition) is 0. The smallest absolute Gasteiger partial charge is 0.212 e. The molecule has 2 rings (SSSR count). The molecule has 0 aliphatic carbocycles. The summed E-state index contributed by atoms with van der Waals surface area (Å²) in [7, 11) is 1.60. The molecular weight excluding hydrogens is 294 g/mol. The van der Waals surface area contributed by atoms with Crippen molar-refractivity contribution in [2.45, 2.75) is 19.8 Å². The third-order valence-electron chi connectivity index (χ3n) is 2.46. The van der Waals surface area contributed by atoms with Crippen LogP contribution in [0.15, 0.2) is 29.0 Å². The second-order valence-corrected chi connectivity index (χ2v) is 4.64. The predicted molar refractivity (Wildman–Crippen MR) is 73.5 cm³/mol. The van der Waals surface area contributed by atoms with Gasteiger partial charge in [0, 0.05) is 24.2 Å². The number of ether oxygens (including phenoxy) is 1. The highest BCUT2D eigenvalue weighted by Gasteiger charge is 2.05. The molecule has 0 fully saturated rings. The minimum atomic E-state index is 0.598. The van der Waals surface area contributed by atoms with E-state index in [1.807, 2.05) is 18.2 Å². The molecule has 0 amide bonds. The van der Waals surface area contributed by atoms with Gasteiger partial charge in [0.25, 0.3) is 0 Å². The molecule has 94 valence electrons. The Balaban J connectivity index is 2.36. The van der Waals surface area contributed by atoms with Crippen LogP contribution in [-0.4, -0.2) is 22.1 Å². The molecule has 4 nitrogen and oxygen atoms in total. The van der Waals surface area contributed by atoms with Gasteiger partial charge in [-0.2, -0.15) is 0 Å². The molecular formula is C13H14BrN3O. The number of methoxy groups -OCH3 is 1. The third kappa shape index (κ3) is 3.04. The van der Waals surface area contributed by atoms with Crippen LogP contribution in [0.1, 0.15) is 19.2 Å². The van der Waals surface area contributed by atoms with Crippen molar-refractivity contribution in [3.63, 3.8) is 0 Å². The average molecular weight is 308 g/mol. The lowest BCUT2D eigenvalue weighted by molar-refractivity contribution is 0.398. The van der Waals surface area contributed by atoms with Crippen molar-refractivity contribution >= 4 is 15.9 Å². The fraction of sp³-hybridized carbons (Fsp3) is 0.308. The highest BCUT2D eigenvalue weighted by Crippen LogP contribution is 2.21. The number of aryl methyl sites for hydroxylation is 1. The van der Waals surface area contributed by atoms with E-state index >= 15 is 0 Å². The fourth-order valence-corrected chi connectivity index (χ4v) is 2.02. The molecule has 0 saturated heterocycles. The SMILES string of the molecule is CCCc1nc(Br)cc(-c2ccc(OC)nc2)n1. The topological polar surface area (TPSA) is 47.9 Å². The van der Waals surface area contributed by atoms with E-state index in [4.69, 9.17) is 4.74 Å². The molecule has 0 radical (unpaired) electrons. The molecule has 0 atom stereocenters. The van der Waals surface area contributed by atoms with E-state index in [9.17, 15) is 0 Å². The summed E-state index contributed by atoms with van der Waals surface area (Å²) in [6.45, 7) is 2.11. The largest absolute Gasteiger partial charge is 0.481 e. The van der Waals surface area contributed by atoms with Crippen LogP contribution in [0.3, 0.4) is 0 Å². The number of halogens is 1. The summed E-state index contributed by atoms with van der Waals surface area (Å²) in [5.74, 6) is 1.44. The van der Waals surface area contributed by atoms with Gasteiger partial charge in [-0.3, -0.25) is 0 Å². The molecule has 0 bridgehead atoms. The summed E-state index contributed by atoms with van der Waals surface area (Å²) >= 11 is 3.41. The first-order valence-electron chi connectivity index (χ1n) is 5.76. The minimum absolute atomic E-state index is 0.598. The van der Waals surface area contributed by atoms with Gasteiger partial charge >= 0.3 is 0 Å². The molecule has 0 aliphatic heterocycles. The van der Waals surface area contributed by atoms with Crippen molar-refractivity contribution in [1.82, 2.24) is 15.0 Å². The summed E-state index contributed by atoms with van der Waals surface area (Å²) in [5.41, 5.74) is 1.83. The van der Waals surface area contributed by atoms with E-state index in [-0.39, 0.29) is 0 Å². The van der Waals surface area contributed by atoms with Gasteiger partial charge in [-0.1, -0.05) is 6.92 Å². The summed E-state index contributed by atoms with van der Waals surface area (Å²) in [5, 5.41) is 0. The Hall–Kier alpha value is -1.49. The summed E-state index contributed by atoms with van der Waals surface area (Å²) in [6.07, 6.45) is 3.65. The maximum atomic E-state index is 5.04. The lowest BCUT2D eigenvalue weighted by Crippen LogP contribution is -1.97. The predicted octanol–water partition coefficient (Wildman–Crippen LogP) is 3.26. The van der Waals surface area contributed by atoms with E-state index in [2.05, 4.69) is 37.8 Å². The van der Waals surface area contributed by atoms with Gasteiger partial charge in [0.1, 0.15) is 10.4 Å². The van der Waals surface area contributed by atoms with Crippen LogP contribution in [-0.2, 0) is 6.42 Å². The van der Waals surface area contributed by atoms with Gasteiger partial charge in [-0.25, -0.2) is 15.0 Å². The maximum absolute atomic E-state index is 5.04. The third-order valence-corrected chi connectivity index (χ3v) is 2.86.